The molecule has 7 heteroatoms. The Morgan fingerprint density at radius 3 is 2.52 bits per heavy atom. The van der Waals surface area contributed by atoms with Crippen molar-refractivity contribution in [2.24, 2.45) is 0 Å². The maximum absolute atomic E-state index is 12.8. The minimum atomic E-state index is -1.39. The first-order valence-corrected chi connectivity index (χ1v) is 8.74. The van der Waals surface area contributed by atoms with Gasteiger partial charge in [-0.15, -0.1) is 0 Å². The van der Waals surface area contributed by atoms with E-state index in [4.69, 9.17) is 11.6 Å². The molecule has 120 valence electrons. The summed E-state index contributed by atoms with van der Waals surface area (Å²) in [5.41, 5.74) is 1.67. The first kappa shape index (κ1) is 16.0. The van der Waals surface area contributed by atoms with E-state index in [-0.39, 0.29) is 11.3 Å². The van der Waals surface area contributed by atoms with Gasteiger partial charge in [-0.25, -0.2) is 13.2 Å². The van der Waals surface area contributed by atoms with E-state index in [2.05, 4.69) is 15.3 Å². The summed E-state index contributed by atoms with van der Waals surface area (Å²) in [6.07, 6.45) is 1.75. The highest BCUT2D eigenvalue weighted by atomic mass is 35.5. The number of nitrogens with zero attached hydrogens (tertiary/aromatic N) is 3. The smallest absolute Gasteiger partial charge is 0.226 e. The van der Waals surface area contributed by atoms with E-state index < -0.39 is 11.0 Å². The van der Waals surface area contributed by atoms with E-state index in [0.29, 0.717) is 16.4 Å². The van der Waals surface area contributed by atoms with Crippen molar-refractivity contribution in [2.45, 2.75) is 31.7 Å². The topological polar surface area (TPSA) is 59.8 Å². The fourth-order valence-corrected chi connectivity index (χ4v) is 3.48. The highest BCUT2D eigenvalue weighted by Gasteiger charge is 2.16. The molecule has 1 unspecified atom stereocenters. The Bertz CT molecular complexity index is 874. The lowest BCUT2D eigenvalue weighted by atomic mass is 10.2. The lowest BCUT2D eigenvalue weighted by molar-refractivity contribution is 0.678. The molecule has 0 aliphatic heterocycles. The lowest BCUT2D eigenvalue weighted by Crippen LogP contribution is -2.12. The van der Waals surface area contributed by atoms with E-state index in [1.165, 1.54) is 0 Å². The Hall–Kier alpha value is -1.92. The van der Waals surface area contributed by atoms with E-state index >= 15 is 0 Å². The van der Waals surface area contributed by atoms with Gasteiger partial charge in [0, 0.05) is 12.2 Å². The van der Waals surface area contributed by atoms with Crippen LogP contribution in [0.5, 0.6) is 0 Å². The van der Waals surface area contributed by atoms with Gasteiger partial charge in [0.05, 0.1) is 10.3 Å². The molecule has 23 heavy (non-hydrogen) atoms. The highest BCUT2D eigenvalue weighted by molar-refractivity contribution is 7.83. The van der Waals surface area contributed by atoms with Crippen molar-refractivity contribution in [3.05, 3.63) is 47.4 Å². The van der Waals surface area contributed by atoms with E-state index in [1.54, 1.807) is 10.2 Å². The predicted molar refractivity (Wildman–Crippen MR) is 94.3 cm³/mol. The van der Waals surface area contributed by atoms with Crippen LogP contribution in [-0.2, 0) is 11.0 Å². The molecule has 2 heterocycles. The van der Waals surface area contributed by atoms with Gasteiger partial charge in [0.25, 0.3) is 0 Å². The molecule has 3 rings (SSSR count). The summed E-state index contributed by atoms with van der Waals surface area (Å²) in [6, 6.07) is 9.64. The molecule has 1 atom stereocenters. The van der Waals surface area contributed by atoms with Gasteiger partial charge in [-0.1, -0.05) is 17.7 Å². The zero-order chi connectivity index (χ0) is 16.6. The quantitative estimate of drug-likeness (QED) is 0.729. The zero-order valence-corrected chi connectivity index (χ0v) is 14.6. The standard InChI is InChI=1S/C16H17ClN4OS/c1-10(2)18-14-13-8-9-21(15(13)20-16(17)19-14)23(22)12-6-4-11(3)5-7-12/h4-10H,1-3H3,(H,18,19,20). The van der Waals surface area contributed by atoms with Crippen molar-refractivity contribution >= 4 is 39.4 Å². The third-order valence-electron chi connectivity index (χ3n) is 3.31. The summed E-state index contributed by atoms with van der Waals surface area (Å²) in [7, 11) is -1.39. The van der Waals surface area contributed by atoms with Crippen molar-refractivity contribution in [2.75, 3.05) is 5.32 Å². The molecule has 0 saturated heterocycles. The van der Waals surface area contributed by atoms with Gasteiger partial charge < -0.3 is 5.32 Å². The monoisotopic (exact) mass is 348 g/mol. The summed E-state index contributed by atoms with van der Waals surface area (Å²) in [4.78, 5) is 9.19. The normalized spacial score (nSPS) is 12.7. The fraction of sp³-hybridized carbons (Fsp3) is 0.250. The number of hydrogen-bond acceptors (Lipinski definition) is 4. The average Bonchev–Trinajstić information content (AvgIpc) is 2.90. The minimum absolute atomic E-state index is 0.126. The van der Waals surface area contributed by atoms with Gasteiger partial charge in [0.2, 0.25) is 5.28 Å². The van der Waals surface area contributed by atoms with Crippen LogP contribution in [0, 0.1) is 6.92 Å². The molecule has 1 aromatic carbocycles. The molecule has 2 aromatic heterocycles. The van der Waals surface area contributed by atoms with Crippen molar-refractivity contribution in [1.29, 1.82) is 0 Å². The number of aromatic nitrogens is 3. The minimum Gasteiger partial charge on any atom is -0.367 e. The molecule has 0 aliphatic rings. The van der Waals surface area contributed by atoms with Gasteiger partial charge in [0.15, 0.2) is 16.6 Å². The van der Waals surface area contributed by atoms with Crippen molar-refractivity contribution in [3.63, 3.8) is 0 Å². The highest BCUT2D eigenvalue weighted by Crippen LogP contribution is 2.25. The maximum Gasteiger partial charge on any atom is 0.226 e. The largest absolute Gasteiger partial charge is 0.367 e. The molecule has 3 aromatic rings. The van der Waals surface area contributed by atoms with Crippen LogP contribution in [0.2, 0.25) is 5.28 Å². The Kier molecular flexibility index (Phi) is 4.37. The Balaban J connectivity index is 2.10. The Morgan fingerprint density at radius 2 is 1.87 bits per heavy atom. The molecule has 0 spiro atoms. The molecule has 5 nitrogen and oxygen atoms in total. The van der Waals surface area contributed by atoms with Crippen LogP contribution < -0.4 is 5.32 Å². The lowest BCUT2D eigenvalue weighted by Gasteiger charge is -2.11. The van der Waals surface area contributed by atoms with Crippen LogP contribution in [0.1, 0.15) is 19.4 Å². The average molecular weight is 349 g/mol. The third kappa shape index (κ3) is 3.23. The second-order valence-electron chi connectivity index (χ2n) is 5.58. The summed E-state index contributed by atoms with van der Waals surface area (Å²) in [6.45, 7) is 6.03. The fourth-order valence-electron chi connectivity index (χ4n) is 2.25. The number of aryl methyl sites for hydroxylation is 1. The van der Waals surface area contributed by atoms with Gasteiger partial charge in [-0.05, 0) is 50.6 Å². The number of nitrogens with one attached hydrogen (secondary N) is 1. The van der Waals surface area contributed by atoms with Gasteiger partial charge >= 0.3 is 0 Å². The summed E-state index contributed by atoms with van der Waals surface area (Å²) >= 11 is 6.03. The van der Waals surface area contributed by atoms with Gasteiger partial charge in [-0.3, -0.25) is 0 Å². The van der Waals surface area contributed by atoms with Gasteiger partial charge in [0.1, 0.15) is 5.82 Å². The number of halogens is 1. The SMILES string of the molecule is Cc1ccc(S(=O)n2ccc3c(NC(C)C)nc(Cl)nc32)cc1. The molecule has 0 aliphatic carbocycles. The predicted octanol–water partition coefficient (Wildman–Crippen LogP) is 3.78. The number of anilines is 1. The molecule has 0 amide bonds. The molecular weight excluding hydrogens is 332 g/mol. The second kappa shape index (κ2) is 6.29. The Labute approximate surface area is 142 Å². The summed E-state index contributed by atoms with van der Waals surface area (Å²) in [5, 5.41) is 4.16. The molecule has 0 radical (unpaired) electrons. The van der Waals surface area contributed by atoms with Crippen LogP contribution in [0.3, 0.4) is 0 Å². The second-order valence-corrected chi connectivity index (χ2v) is 7.28. The maximum atomic E-state index is 12.8. The van der Waals surface area contributed by atoms with Gasteiger partial charge in [-0.2, -0.15) is 4.98 Å². The first-order valence-electron chi connectivity index (χ1n) is 7.26. The van der Waals surface area contributed by atoms with Crippen LogP contribution >= 0.6 is 11.6 Å². The number of benzene rings is 1. The molecular formula is C16H17ClN4OS. The van der Waals surface area contributed by atoms with Crippen molar-refractivity contribution < 1.29 is 4.21 Å². The third-order valence-corrected chi connectivity index (χ3v) is 4.81. The van der Waals surface area contributed by atoms with Crippen molar-refractivity contribution in [3.8, 4) is 0 Å². The van der Waals surface area contributed by atoms with E-state index in [0.717, 1.165) is 10.9 Å². The molecule has 0 fully saturated rings. The summed E-state index contributed by atoms with van der Waals surface area (Å²) in [5.74, 6) is 0.648. The van der Waals surface area contributed by atoms with Crippen LogP contribution in [-0.4, -0.2) is 24.2 Å². The number of rotatable bonds is 4. The number of fused-ring (bicyclic) bond motifs is 1. The zero-order valence-electron chi connectivity index (χ0n) is 13.1. The van der Waals surface area contributed by atoms with Crippen molar-refractivity contribution in [1.82, 2.24) is 13.9 Å². The Morgan fingerprint density at radius 1 is 1.17 bits per heavy atom. The first-order chi connectivity index (χ1) is 11.0. The summed E-state index contributed by atoms with van der Waals surface area (Å²) < 4.78 is 14.4. The van der Waals surface area contributed by atoms with Crippen LogP contribution in [0.15, 0.2) is 41.4 Å². The molecule has 0 bridgehead atoms. The van der Waals surface area contributed by atoms with Crippen LogP contribution in [0.4, 0.5) is 5.82 Å². The molecule has 1 N–H and O–H groups in total. The van der Waals surface area contributed by atoms with E-state index in [1.807, 2.05) is 51.1 Å². The number of hydrogen-bond donors (Lipinski definition) is 1. The van der Waals surface area contributed by atoms with Crippen LogP contribution in [0.25, 0.3) is 11.0 Å². The van der Waals surface area contributed by atoms with E-state index in [9.17, 15) is 4.21 Å². The molecule has 0 saturated carbocycles.